The number of fused-ring (bicyclic) bond motifs is 1. The zero-order chi connectivity index (χ0) is 23.8. The summed E-state index contributed by atoms with van der Waals surface area (Å²) in [6.45, 7) is 1.67. The quantitative estimate of drug-likeness (QED) is 0.230. The van der Waals surface area contributed by atoms with Crippen LogP contribution in [0.4, 0.5) is 5.82 Å². The molecule has 13 heteroatoms. The van der Waals surface area contributed by atoms with Gasteiger partial charge in [-0.05, 0) is 30.2 Å². The van der Waals surface area contributed by atoms with E-state index in [-0.39, 0.29) is 17.9 Å². The van der Waals surface area contributed by atoms with E-state index < -0.39 is 38.5 Å². The molecule has 11 nitrogen and oxygen atoms in total. The number of aromatic nitrogens is 3. The molecule has 33 heavy (non-hydrogen) atoms. The summed E-state index contributed by atoms with van der Waals surface area (Å²) in [6, 6.07) is 11.5. The predicted molar refractivity (Wildman–Crippen MR) is 120 cm³/mol. The van der Waals surface area contributed by atoms with E-state index in [4.69, 9.17) is 30.9 Å². The van der Waals surface area contributed by atoms with Crippen molar-refractivity contribution in [3.63, 3.8) is 0 Å². The number of benzene rings is 1. The lowest BCUT2D eigenvalue weighted by Crippen LogP contribution is -2.33. The van der Waals surface area contributed by atoms with Crippen molar-refractivity contribution in [3.8, 4) is 0 Å². The van der Waals surface area contributed by atoms with Crippen LogP contribution in [0.25, 0.3) is 11.0 Å². The first-order chi connectivity index (χ1) is 15.6. The van der Waals surface area contributed by atoms with Crippen molar-refractivity contribution in [1.82, 2.24) is 14.5 Å². The van der Waals surface area contributed by atoms with Crippen molar-refractivity contribution in [2.75, 3.05) is 18.3 Å². The van der Waals surface area contributed by atoms with E-state index in [1.165, 1.54) is 4.57 Å². The summed E-state index contributed by atoms with van der Waals surface area (Å²) in [5.74, 6) is 0.495. The minimum absolute atomic E-state index is 0.0141. The molecule has 0 spiro atoms. The highest BCUT2D eigenvalue weighted by Gasteiger charge is 2.44. The number of hydrogen-bond acceptors (Lipinski definition) is 8. The maximum absolute atomic E-state index is 11.0. The van der Waals surface area contributed by atoms with Crippen LogP contribution >= 0.6 is 19.2 Å². The zero-order valence-electron chi connectivity index (χ0n) is 17.5. The van der Waals surface area contributed by atoms with Gasteiger partial charge in [0.1, 0.15) is 36.1 Å². The van der Waals surface area contributed by atoms with Gasteiger partial charge in [-0.25, -0.2) is 4.98 Å². The second-order valence-electron chi connectivity index (χ2n) is 7.79. The summed E-state index contributed by atoms with van der Waals surface area (Å²) in [6.07, 6.45) is -3.87. The van der Waals surface area contributed by atoms with E-state index in [9.17, 15) is 14.8 Å². The molecule has 178 valence electrons. The average molecular weight is 499 g/mol. The molecule has 5 N–H and O–H groups in total. The van der Waals surface area contributed by atoms with E-state index >= 15 is 0 Å². The molecular weight excluding hydrogens is 475 g/mol. The fraction of sp³-hybridized carbons (Fsp3) is 0.400. The molecule has 3 aromatic rings. The van der Waals surface area contributed by atoms with Crippen LogP contribution in [0.2, 0.25) is 5.28 Å². The minimum Gasteiger partial charge on any atom is -0.387 e. The van der Waals surface area contributed by atoms with E-state index in [1.807, 2.05) is 37.3 Å². The molecule has 0 aliphatic carbocycles. The lowest BCUT2D eigenvalue weighted by Gasteiger charge is -2.19. The number of halogens is 1. The van der Waals surface area contributed by atoms with Crippen LogP contribution in [-0.2, 0) is 14.0 Å². The fourth-order valence-corrected chi connectivity index (χ4v) is 4.24. The zero-order valence-corrected chi connectivity index (χ0v) is 19.2. The number of anilines is 1. The Hall–Kier alpha value is -2.08. The number of hydrogen-bond donors (Lipinski definition) is 5. The maximum Gasteiger partial charge on any atom is 0.350 e. The number of aliphatic hydroxyl groups excluding tert-OH is 2. The van der Waals surface area contributed by atoms with Crippen LogP contribution in [0.3, 0.4) is 0 Å². The molecule has 1 aliphatic rings. The van der Waals surface area contributed by atoms with Crippen molar-refractivity contribution in [2.45, 2.75) is 37.5 Å². The number of rotatable bonds is 8. The van der Waals surface area contributed by atoms with Gasteiger partial charge in [0.25, 0.3) is 0 Å². The number of aliphatic hydroxyl groups is 2. The Balaban J connectivity index is 1.57. The maximum atomic E-state index is 11.0. The smallest absolute Gasteiger partial charge is 0.350 e. The van der Waals surface area contributed by atoms with Crippen molar-refractivity contribution in [3.05, 3.63) is 53.4 Å². The summed E-state index contributed by atoms with van der Waals surface area (Å²) in [5, 5.41) is 24.8. The predicted octanol–water partition coefficient (Wildman–Crippen LogP) is 2.03. The van der Waals surface area contributed by atoms with Crippen molar-refractivity contribution in [2.24, 2.45) is 0 Å². The first kappa shape index (κ1) is 24.1. The van der Waals surface area contributed by atoms with Gasteiger partial charge in [0.05, 0.1) is 12.0 Å². The van der Waals surface area contributed by atoms with Gasteiger partial charge in [0.15, 0.2) is 6.23 Å². The van der Waals surface area contributed by atoms with Crippen molar-refractivity contribution >= 4 is 36.0 Å². The Morgan fingerprint density at radius 3 is 2.64 bits per heavy atom. The third-order valence-corrected chi connectivity index (χ3v) is 6.04. The lowest BCUT2D eigenvalue weighted by molar-refractivity contribution is -0.0610. The van der Waals surface area contributed by atoms with Crippen LogP contribution in [0.1, 0.15) is 24.8 Å². The largest absolute Gasteiger partial charge is 0.387 e. The first-order valence-corrected chi connectivity index (χ1v) is 12.3. The minimum atomic E-state index is -4.36. The van der Waals surface area contributed by atoms with E-state index in [2.05, 4.69) is 15.3 Å². The van der Waals surface area contributed by atoms with Gasteiger partial charge >= 0.3 is 7.60 Å². The third-order valence-electron chi connectivity index (χ3n) is 5.35. The summed E-state index contributed by atoms with van der Waals surface area (Å²) < 4.78 is 23.2. The molecule has 1 saturated heterocycles. The van der Waals surface area contributed by atoms with Crippen LogP contribution in [0.15, 0.2) is 42.6 Å². The Bertz CT molecular complexity index is 1160. The molecule has 0 radical (unpaired) electrons. The molecule has 0 saturated carbocycles. The Labute approximate surface area is 194 Å². The van der Waals surface area contributed by atoms with Gasteiger partial charge < -0.3 is 39.4 Å². The van der Waals surface area contributed by atoms with Gasteiger partial charge in [-0.2, -0.15) is 4.98 Å². The number of nitrogens with zero attached hydrogens (tertiary/aromatic N) is 3. The second kappa shape index (κ2) is 9.65. The number of ether oxygens (including phenoxy) is 2. The molecule has 0 bridgehead atoms. The van der Waals surface area contributed by atoms with Crippen LogP contribution < -0.4 is 5.32 Å². The topological polar surface area (TPSA) is 159 Å². The molecule has 5 atom stereocenters. The Morgan fingerprint density at radius 1 is 1.21 bits per heavy atom. The molecule has 0 amide bonds. The van der Waals surface area contributed by atoms with Gasteiger partial charge in [0, 0.05) is 12.2 Å². The average Bonchev–Trinajstić information content (AvgIpc) is 3.29. The Morgan fingerprint density at radius 2 is 1.94 bits per heavy atom. The van der Waals surface area contributed by atoms with Gasteiger partial charge in [-0.15, -0.1) is 0 Å². The molecule has 3 heterocycles. The molecule has 4 rings (SSSR count). The van der Waals surface area contributed by atoms with Gasteiger partial charge in [0.2, 0.25) is 5.28 Å². The number of nitrogens with one attached hydrogen (secondary N) is 1. The highest BCUT2D eigenvalue weighted by Crippen LogP contribution is 2.37. The SMILES string of the molecule is CC(Nc1nc(Cl)nc2c1ccn2[C@@H]1O[C@H](COCP(=O)(O)O)[C@@H](O)[C@H]1O)c1ccccc1. The molecule has 2 aromatic heterocycles. The van der Waals surface area contributed by atoms with Gasteiger partial charge in [-0.3, -0.25) is 4.57 Å². The summed E-state index contributed by atoms with van der Waals surface area (Å²) in [4.78, 5) is 26.4. The highest BCUT2D eigenvalue weighted by atomic mass is 35.5. The first-order valence-electron chi connectivity index (χ1n) is 10.1. The third kappa shape index (κ3) is 5.37. The summed E-state index contributed by atoms with van der Waals surface area (Å²) >= 11 is 6.17. The summed E-state index contributed by atoms with van der Waals surface area (Å²) in [7, 11) is -4.36. The van der Waals surface area contributed by atoms with Gasteiger partial charge in [-0.1, -0.05) is 30.3 Å². The monoisotopic (exact) mass is 498 g/mol. The van der Waals surface area contributed by atoms with Crippen molar-refractivity contribution in [1.29, 1.82) is 0 Å². The van der Waals surface area contributed by atoms with E-state index in [0.717, 1.165) is 5.56 Å². The van der Waals surface area contributed by atoms with Crippen molar-refractivity contribution < 1.29 is 34.0 Å². The molecule has 1 fully saturated rings. The van der Waals surface area contributed by atoms with Crippen LogP contribution in [0, 0.1) is 0 Å². The summed E-state index contributed by atoms with van der Waals surface area (Å²) in [5.41, 5.74) is 1.43. The van der Waals surface area contributed by atoms with E-state index in [1.54, 1.807) is 12.3 Å². The van der Waals surface area contributed by atoms with Crippen LogP contribution in [-0.4, -0.2) is 65.8 Å². The molecule has 1 unspecified atom stereocenters. The van der Waals surface area contributed by atoms with E-state index in [0.29, 0.717) is 16.9 Å². The Kier molecular flexibility index (Phi) is 7.04. The fourth-order valence-electron chi connectivity index (χ4n) is 3.74. The van der Waals surface area contributed by atoms with Crippen LogP contribution in [0.5, 0.6) is 0 Å². The standard InChI is InChI=1S/C20H24ClN4O7P/c1-11(12-5-3-2-4-6-12)22-17-13-7-8-25(18(13)24-20(21)23-17)19-16(27)15(26)14(32-19)9-31-10-33(28,29)30/h2-8,11,14-16,19,26-27H,9-10H2,1H3,(H,22,23,24)(H2,28,29,30)/t11?,14-,15-,16-,19-/m1/s1. The molecule has 1 aliphatic heterocycles. The normalized spacial score (nSPS) is 24.3. The molecule has 1 aromatic carbocycles. The second-order valence-corrected chi connectivity index (χ2v) is 9.71. The molecular formula is C20H24ClN4O7P. The highest BCUT2D eigenvalue weighted by molar-refractivity contribution is 7.51. The lowest BCUT2D eigenvalue weighted by atomic mass is 10.1.